The van der Waals surface area contributed by atoms with Gasteiger partial charge in [-0.25, -0.2) is 9.78 Å². The van der Waals surface area contributed by atoms with Crippen LogP contribution in [0.25, 0.3) is 16.6 Å². The Morgan fingerprint density at radius 1 is 1.13 bits per heavy atom. The lowest BCUT2D eigenvalue weighted by molar-refractivity contribution is -0.149. The van der Waals surface area contributed by atoms with E-state index in [9.17, 15) is 9.59 Å². The molecule has 0 fully saturated rings. The summed E-state index contributed by atoms with van der Waals surface area (Å²) in [5.41, 5.74) is 4.29. The second-order valence-corrected chi connectivity index (χ2v) is 10.2. The van der Waals surface area contributed by atoms with Crippen molar-refractivity contribution in [3.8, 4) is 11.4 Å². The molecule has 0 atom stereocenters. The normalized spacial score (nSPS) is 11.6. The Bertz CT molecular complexity index is 1550. The molecule has 4 rings (SSSR count). The summed E-state index contributed by atoms with van der Waals surface area (Å²) in [6.07, 6.45) is 3.02. The molecule has 0 aliphatic carbocycles. The van der Waals surface area contributed by atoms with Crippen LogP contribution in [0.5, 0.6) is 5.75 Å². The van der Waals surface area contributed by atoms with Crippen LogP contribution in [0.15, 0.2) is 62.9 Å². The fraction of sp³-hybridized carbons (Fsp3) is 0.310. The van der Waals surface area contributed by atoms with Crippen molar-refractivity contribution in [1.29, 1.82) is 0 Å². The summed E-state index contributed by atoms with van der Waals surface area (Å²) in [4.78, 5) is 29.7. The molecule has 9 heteroatoms. The van der Waals surface area contributed by atoms with Gasteiger partial charge in [0.2, 0.25) is 0 Å². The maximum absolute atomic E-state index is 13.3. The molecule has 0 saturated heterocycles. The first-order valence-corrected chi connectivity index (χ1v) is 13.3. The summed E-state index contributed by atoms with van der Waals surface area (Å²) < 4.78 is 15.0. The lowest BCUT2D eigenvalue weighted by Gasteiger charge is -2.12. The van der Waals surface area contributed by atoms with Gasteiger partial charge in [0, 0.05) is 33.5 Å². The van der Waals surface area contributed by atoms with Crippen LogP contribution in [0.3, 0.4) is 0 Å². The monoisotopic (exact) mass is 578 g/mol. The average molecular weight is 579 g/mol. The molecule has 0 bridgehead atoms. The Kier molecular flexibility index (Phi) is 8.46. The van der Waals surface area contributed by atoms with E-state index in [0.717, 1.165) is 33.5 Å². The highest BCUT2D eigenvalue weighted by molar-refractivity contribution is 9.10. The Hall–Kier alpha value is -3.72. The molecule has 0 aliphatic rings. The summed E-state index contributed by atoms with van der Waals surface area (Å²) in [7, 11) is 0. The number of hydrogen-bond acceptors (Lipinski definition) is 6. The van der Waals surface area contributed by atoms with Crippen LogP contribution in [0, 0.1) is 13.8 Å². The van der Waals surface area contributed by atoms with Gasteiger partial charge in [0.15, 0.2) is 6.61 Å². The third-order valence-electron chi connectivity index (χ3n) is 5.95. The van der Waals surface area contributed by atoms with E-state index in [1.165, 1.54) is 4.68 Å². The number of benzene rings is 2. The highest BCUT2D eigenvalue weighted by Gasteiger charge is 2.13. The molecule has 38 heavy (non-hydrogen) atoms. The van der Waals surface area contributed by atoms with Crippen molar-refractivity contribution in [2.24, 2.45) is 5.10 Å². The highest BCUT2D eigenvalue weighted by Crippen LogP contribution is 2.22. The summed E-state index contributed by atoms with van der Waals surface area (Å²) in [5, 5.41) is 5.10. The first-order chi connectivity index (χ1) is 18.2. The fourth-order valence-electron chi connectivity index (χ4n) is 4.27. The van der Waals surface area contributed by atoms with E-state index in [2.05, 4.69) is 25.6 Å². The number of hydrogen-bond donors (Lipinski definition) is 0. The molecule has 0 amide bonds. The molecule has 0 spiro atoms. The SMILES string of the molecule is CCCc1nc2ccc(Br)cc2c(=O)n1N=Cc1cc(C)n(-c2ccc(OCC(=O)OC(C)C)cc2)c1C. The van der Waals surface area contributed by atoms with Crippen LogP contribution in [0.4, 0.5) is 0 Å². The van der Waals surface area contributed by atoms with Gasteiger partial charge in [-0.15, -0.1) is 0 Å². The minimum absolute atomic E-state index is 0.139. The largest absolute Gasteiger partial charge is 0.482 e. The molecular weight excluding hydrogens is 548 g/mol. The number of aryl methyl sites for hydroxylation is 2. The third kappa shape index (κ3) is 6.05. The number of nitrogens with zero attached hydrogens (tertiary/aromatic N) is 4. The molecule has 2 heterocycles. The molecule has 4 aromatic rings. The van der Waals surface area contributed by atoms with E-state index in [-0.39, 0.29) is 18.3 Å². The Balaban J connectivity index is 1.61. The van der Waals surface area contributed by atoms with Gasteiger partial charge < -0.3 is 14.0 Å². The highest BCUT2D eigenvalue weighted by atomic mass is 79.9. The molecule has 0 aliphatic heterocycles. The number of ether oxygens (including phenoxy) is 2. The molecule has 198 valence electrons. The zero-order valence-electron chi connectivity index (χ0n) is 22.2. The molecule has 2 aromatic heterocycles. The number of fused-ring (bicyclic) bond motifs is 1. The zero-order valence-corrected chi connectivity index (χ0v) is 23.8. The van der Waals surface area contributed by atoms with E-state index in [1.807, 2.05) is 63.2 Å². The smallest absolute Gasteiger partial charge is 0.344 e. The van der Waals surface area contributed by atoms with Gasteiger partial charge in [-0.2, -0.15) is 9.78 Å². The predicted molar refractivity (Wildman–Crippen MR) is 153 cm³/mol. The standard InChI is InChI=1S/C29H31BrN4O4/c1-6-7-27-32-26-13-8-22(30)15-25(26)29(36)34(27)31-16-21-14-19(4)33(20(21)5)23-9-11-24(12-10-23)37-17-28(35)38-18(2)3/h8-16,18H,6-7,17H2,1-5H3. The van der Waals surface area contributed by atoms with E-state index < -0.39 is 5.97 Å². The van der Waals surface area contributed by atoms with Crippen LogP contribution < -0.4 is 10.3 Å². The Labute approximate surface area is 230 Å². The van der Waals surface area contributed by atoms with Gasteiger partial charge in [0.25, 0.3) is 5.56 Å². The molecular formula is C29H31BrN4O4. The maximum atomic E-state index is 13.3. The van der Waals surface area contributed by atoms with Gasteiger partial charge in [-0.05, 0) is 82.6 Å². The number of aromatic nitrogens is 3. The Morgan fingerprint density at radius 2 is 1.87 bits per heavy atom. The average Bonchev–Trinajstić information content (AvgIpc) is 3.16. The summed E-state index contributed by atoms with van der Waals surface area (Å²) in [5.74, 6) is 0.808. The molecule has 0 unspecified atom stereocenters. The van der Waals surface area contributed by atoms with Crippen molar-refractivity contribution in [2.45, 2.75) is 53.6 Å². The maximum Gasteiger partial charge on any atom is 0.344 e. The van der Waals surface area contributed by atoms with Crippen molar-refractivity contribution in [3.05, 3.63) is 86.1 Å². The number of halogens is 1. The molecule has 0 radical (unpaired) electrons. The van der Waals surface area contributed by atoms with Gasteiger partial charge in [0.1, 0.15) is 11.6 Å². The summed E-state index contributed by atoms with van der Waals surface area (Å²) in [6.45, 7) is 9.53. The first kappa shape index (κ1) is 27.3. The second kappa shape index (κ2) is 11.8. The summed E-state index contributed by atoms with van der Waals surface area (Å²) >= 11 is 3.44. The molecule has 0 N–H and O–H groups in total. The van der Waals surface area contributed by atoms with Crippen molar-refractivity contribution < 1.29 is 14.3 Å². The van der Waals surface area contributed by atoms with Crippen molar-refractivity contribution in [2.75, 3.05) is 6.61 Å². The fourth-order valence-corrected chi connectivity index (χ4v) is 4.63. The zero-order chi connectivity index (χ0) is 27.4. The lowest BCUT2D eigenvalue weighted by atomic mass is 10.2. The van der Waals surface area contributed by atoms with Crippen LogP contribution in [0.2, 0.25) is 0 Å². The molecule has 2 aromatic carbocycles. The quantitative estimate of drug-likeness (QED) is 0.187. The van der Waals surface area contributed by atoms with Crippen molar-refractivity contribution in [3.63, 3.8) is 0 Å². The van der Waals surface area contributed by atoms with Crippen molar-refractivity contribution >= 4 is 39.0 Å². The topological polar surface area (TPSA) is 87.7 Å². The summed E-state index contributed by atoms with van der Waals surface area (Å²) in [6, 6.07) is 15.0. The van der Waals surface area contributed by atoms with E-state index in [1.54, 1.807) is 26.1 Å². The lowest BCUT2D eigenvalue weighted by Crippen LogP contribution is -2.22. The molecule has 0 saturated carbocycles. The van der Waals surface area contributed by atoms with Crippen LogP contribution in [-0.2, 0) is 16.0 Å². The van der Waals surface area contributed by atoms with Gasteiger partial charge >= 0.3 is 5.97 Å². The number of carbonyl (C=O) groups is 1. The third-order valence-corrected chi connectivity index (χ3v) is 6.44. The minimum Gasteiger partial charge on any atom is -0.482 e. The van der Waals surface area contributed by atoms with Gasteiger partial charge in [-0.3, -0.25) is 4.79 Å². The van der Waals surface area contributed by atoms with E-state index >= 15 is 0 Å². The minimum atomic E-state index is -0.402. The first-order valence-electron chi connectivity index (χ1n) is 12.5. The van der Waals surface area contributed by atoms with E-state index in [0.29, 0.717) is 28.9 Å². The van der Waals surface area contributed by atoms with Crippen LogP contribution in [-0.4, -0.2) is 39.1 Å². The second-order valence-electron chi connectivity index (χ2n) is 9.28. The predicted octanol–water partition coefficient (Wildman–Crippen LogP) is 5.73. The van der Waals surface area contributed by atoms with E-state index in [4.69, 9.17) is 14.5 Å². The number of rotatable bonds is 9. The Morgan fingerprint density at radius 3 is 2.55 bits per heavy atom. The van der Waals surface area contributed by atoms with Crippen LogP contribution >= 0.6 is 15.9 Å². The number of carbonyl (C=O) groups excluding carboxylic acids is 1. The molecule has 8 nitrogen and oxygen atoms in total. The van der Waals surface area contributed by atoms with Gasteiger partial charge in [-0.1, -0.05) is 22.9 Å². The number of esters is 1. The van der Waals surface area contributed by atoms with Crippen molar-refractivity contribution in [1.82, 2.24) is 14.2 Å². The van der Waals surface area contributed by atoms with Gasteiger partial charge in [0.05, 0.1) is 23.2 Å². The van der Waals surface area contributed by atoms with Crippen LogP contribution in [0.1, 0.15) is 50.0 Å².